The third kappa shape index (κ3) is 3.21. The Balaban J connectivity index is 1.56. The van der Waals surface area contributed by atoms with Gasteiger partial charge in [0.25, 0.3) is 0 Å². The molecule has 2 heteroatoms. The number of nitrogens with zero attached hydrogens (tertiary/aromatic N) is 1. The van der Waals surface area contributed by atoms with E-state index in [9.17, 15) is 0 Å². The lowest BCUT2D eigenvalue weighted by Gasteiger charge is -2.14. The smallest absolute Gasteiger partial charge is 0.0315 e. The molecule has 19 heavy (non-hydrogen) atoms. The van der Waals surface area contributed by atoms with Crippen LogP contribution in [-0.4, -0.2) is 4.98 Å². The van der Waals surface area contributed by atoms with Crippen LogP contribution in [-0.2, 0) is 6.54 Å². The first-order valence-corrected chi connectivity index (χ1v) is 7.05. The van der Waals surface area contributed by atoms with Crippen molar-refractivity contribution in [3.05, 3.63) is 65.5 Å². The van der Waals surface area contributed by atoms with Gasteiger partial charge in [-0.3, -0.25) is 4.98 Å². The fourth-order valence-corrected chi connectivity index (χ4v) is 2.35. The van der Waals surface area contributed by atoms with Crippen LogP contribution in [0.2, 0.25) is 0 Å². The lowest BCUT2D eigenvalue weighted by atomic mass is 10.1. The monoisotopic (exact) mass is 252 g/mol. The van der Waals surface area contributed by atoms with Gasteiger partial charge in [0.15, 0.2) is 0 Å². The van der Waals surface area contributed by atoms with Crippen LogP contribution in [0.25, 0.3) is 0 Å². The fraction of sp³-hybridized carbons (Fsp3) is 0.353. The number of pyridine rings is 1. The average molecular weight is 252 g/mol. The van der Waals surface area contributed by atoms with Crippen molar-refractivity contribution in [2.75, 3.05) is 0 Å². The molecule has 0 aliphatic heterocycles. The van der Waals surface area contributed by atoms with Gasteiger partial charge < -0.3 is 5.32 Å². The quantitative estimate of drug-likeness (QED) is 0.875. The molecule has 1 aromatic heterocycles. The van der Waals surface area contributed by atoms with Gasteiger partial charge in [-0.05, 0) is 48.4 Å². The molecule has 0 spiro atoms. The molecular weight excluding hydrogens is 232 g/mol. The summed E-state index contributed by atoms with van der Waals surface area (Å²) in [6, 6.07) is 13.5. The molecule has 0 amide bonds. The van der Waals surface area contributed by atoms with E-state index in [0.29, 0.717) is 6.04 Å². The van der Waals surface area contributed by atoms with E-state index in [0.717, 1.165) is 12.5 Å². The number of hydrogen-bond donors (Lipinski definition) is 1. The zero-order valence-corrected chi connectivity index (χ0v) is 11.3. The summed E-state index contributed by atoms with van der Waals surface area (Å²) in [6.45, 7) is 3.08. The van der Waals surface area contributed by atoms with Gasteiger partial charge in [0.2, 0.25) is 0 Å². The molecule has 1 N–H and O–H groups in total. The second-order valence-corrected chi connectivity index (χ2v) is 5.40. The molecule has 3 rings (SSSR count). The zero-order valence-electron chi connectivity index (χ0n) is 11.3. The molecule has 0 unspecified atom stereocenters. The van der Waals surface area contributed by atoms with E-state index in [4.69, 9.17) is 0 Å². The Morgan fingerprint density at radius 2 is 2.00 bits per heavy atom. The van der Waals surface area contributed by atoms with Gasteiger partial charge in [0.05, 0.1) is 0 Å². The highest BCUT2D eigenvalue weighted by Crippen LogP contribution is 2.39. The van der Waals surface area contributed by atoms with Crippen LogP contribution in [0.3, 0.4) is 0 Å². The third-order valence-corrected chi connectivity index (χ3v) is 3.83. The van der Waals surface area contributed by atoms with Gasteiger partial charge >= 0.3 is 0 Å². The minimum absolute atomic E-state index is 0.330. The Bertz CT molecular complexity index is 515. The van der Waals surface area contributed by atoms with Crippen molar-refractivity contribution in [2.45, 2.75) is 38.3 Å². The van der Waals surface area contributed by atoms with Crippen molar-refractivity contribution in [3.8, 4) is 0 Å². The van der Waals surface area contributed by atoms with Crippen LogP contribution in [0.5, 0.6) is 0 Å². The van der Waals surface area contributed by atoms with Crippen LogP contribution in [0, 0.1) is 0 Å². The van der Waals surface area contributed by atoms with Gasteiger partial charge in [0.1, 0.15) is 0 Å². The lowest BCUT2D eigenvalue weighted by Crippen LogP contribution is -2.18. The Kier molecular flexibility index (Phi) is 3.60. The van der Waals surface area contributed by atoms with E-state index < -0.39 is 0 Å². The van der Waals surface area contributed by atoms with Crippen LogP contribution in [0.1, 0.15) is 48.4 Å². The summed E-state index contributed by atoms with van der Waals surface area (Å²) in [5.74, 6) is 0.844. The highest BCUT2D eigenvalue weighted by Gasteiger charge is 2.22. The predicted octanol–water partition coefficient (Wildman–Crippen LogP) is 3.81. The van der Waals surface area contributed by atoms with Crippen molar-refractivity contribution in [1.29, 1.82) is 0 Å². The second-order valence-electron chi connectivity index (χ2n) is 5.40. The SMILES string of the molecule is C[C@H](NCc1ccc(C2CC2)cc1)c1cccnc1. The molecule has 1 fully saturated rings. The van der Waals surface area contributed by atoms with Crippen LogP contribution in [0.15, 0.2) is 48.8 Å². The first kappa shape index (κ1) is 12.4. The van der Waals surface area contributed by atoms with Crippen LogP contribution in [0.4, 0.5) is 0 Å². The molecule has 1 atom stereocenters. The Morgan fingerprint density at radius 3 is 2.63 bits per heavy atom. The second kappa shape index (κ2) is 5.54. The van der Waals surface area contributed by atoms with Crippen molar-refractivity contribution >= 4 is 0 Å². The number of nitrogens with one attached hydrogen (secondary N) is 1. The maximum Gasteiger partial charge on any atom is 0.0315 e. The minimum atomic E-state index is 0.330. The first-order chi connectivity index (χ1) is 9.33. The van der Waals surface area contributed by atoms with Gasteiger partial charge in [0, 0.05) is 25.0 Å². The number of hydrogen-bond acceptors (Lipinski definition) is 2. The normalized spacial score (nSPS) is 16.3. The van der Waals surface area contributed by atoms with E-state index in [1.807, 2.05) is 18.5 Å². The molecule has 0 radical (unpaired) electrons. The van der Waals surface area contributed by atoms with Crippen molar-refractivity contribution in [1.82, 2.24) is 10.3 Å². The predicted molar refractivity (Wildman–Crippen MR) is 77.9 cm³/mol. The Morgan fingerprint density at radius 1 is 1.21 bits per heavy atom. The molecule has 0 bridgehead atoms. The summed E-state index contributed by atoms with van der Waals surface area (Å²) in [5.41, 5.74) is 4.08. The molecule has 98 valence electrons. The van der Waals surface area contributed by atoms with Gasteiger partial charge in [-0.1, -0.05) is 30.3 Å². The summed E-state index contributed by atoms with van der Waals surface area (Å²) in [5, 5.41) is 3.54. The molecular formula is C17H20N2. The van der Waals surface area contributed by atoms with E-state index >= 15 is 0 Å². The summed E-state index contributed by atoms with van der Waals surface area (Å²) in [6.07, 6.45) is 6.48. The molecule has 2 nitrogen and oxygen atoms in total. The molecule has 2 aromatic rings. The van der Waals surface area contributed by atoms with Crippen LogP contribution < -0.4 is 5.32 Å². The van der Waals surface area contributed by atoms with E-state index in [1.54, 1.807) is 0 Å². The maximum absolute atomic E-state index is 4.16. The van der Waals surface area contributed by atoms with Crippen molar-refractivity contribution in [2.24, 2.45) is 0 Å². The molecule has 1 saturated carbocycles. The van der Waals surface area contributed by atoms with Crippen molar-refractivity contribution in [3.63, 3.8) is 0 Å². The summed E-state index contributed by atoms with van der Waals surface area (Å²) < 4.78 is 0. The molecule has 0 saturated heterocycles. The maximum atomic E-state index is 4.16. The average Bonchev–Trinajstić information content (AvgIpc) is 3.31. The number of benzene rings is 1. The lowest BCUT2D eigenvalue weighted by molar-refractivity contribution is 0.573. The zero-order chi connectivity index (χ0) is 13.1. The molecule has 1 heterocycles. The molecule has 1 aliphatic carbocycles. The topological polar surface area (TPSA) is 24.9 Å². The van der Waals surface area contributed by atoms with E-state index in [2.05, 4.69) is 47.6 Å². The minimum Gasteiger partial charge on any atom is -0.306 e. The molecule has 1 aromatic carbocycles. The first-order valence-electron chi connectivity index (χ1n) is 7.05. The number of rotatable bonds is 5. The largest absolute Gasteiger partial charge is 0.306 e. The van der Waals surface area contributed by atoms with Gasteiger partial charge in [-0.2, -0.15) is 0 Å². The highest BCUT2D eigenvalue weighted by atomic mass is 14.9. The van der Waals surface area contributed by atoms with E-state index in [-0.39, 0.29) is 0 Å². The molecule has 1 aliphatic rings. The van der Waals surface area contributed by atoms with Crippen LogP contribution >= 0.6 is 0 Å². The summed E-state index contributed by atoms with van der Waals surface area (Å²) in [7, 11) is 0. The standard InChI is InChI=1S/C17H20N2/c1-13(17-3-2-10-18-12-17)19-11-14-4-6-15(7-5-14)16-8-9-16/h2-7,10,12-13,16,19H,8-9,11H2,1H3/t13-/m0/s1. The Hall–Kier alpha value is -1.67. The fourth-order valence-electron chi connectivity index (χ4n) is 2.35. The van der Waals surface area contributed by atoms with Crippen molar-refractivity contribution < 1.29 is 0 Å². The highest BCUT2D eigenvalue weighted by molar-refractivity contribution is 5.28. The third-order valence-electron chi connectivity index (χ3n) is 3.83. The summed E-state index contributed by atoms with van der Waals surface area (Å²) in [4.78, 5) is 4.16. The van der Waals surface area contributed by atoms with Gasteiger partial charge in [-0.15, -0.1) is 0 Å². The number of aromatic nitrogens is 1. The van der Waals surface area contributed by atoms with Gasteiger partial charge in [-0.25, -0.2) is 0 Å². The Labute approximate surface area is 114 Å². The van der Waals surface area contributed by atoms with E-state index in [1.165, 1.54) is 29.5 Å². The summed E-state index contributed by atoms with van der Waals surface area (Å²) >= 11 is 0.